The van der Waals surface area contributed by atoms with Gasteiger partial charge in [-0.2, -0.15) is 0 Å². The van der Waals surface area contributed by atoms with Gasteiger partial charge >= 0.3 is 11.9 Å². The standard InChI is InChI=1S/C19H33N5O8/c1-9(2)8-11(20)17(29)22-10(3)16(28)23-12(5-7-15(26)27)18(30)24-13(19(31)32)4-6-14(21)25/h9-13H,4-8,20H2,1-3H3,(H2,21,25)(H,22,29)(H,23,28)(H,24,30)(H,26,27)(H,31,32). The highest BCUT2D eigenvalue weighted by molar-refractivity contribution is 5.94. The number of carboxylic acid groups (broad SMARTS) is 2. The van der Waals surface area contributed by atoms with E-state index < -0.39 is 66.2 Å². The van der Waals surface area contributed by atoms with Crippen molar-refractivity contribution in [2.24, 2.45) is 17.4 Å². The lowest BCUT2D eigenvalue weighted by Gasteiger charge is -2.23. The maximum atomic E-state index is 12.5. The van der Waals surface area contributed by atoms with E-state index in [0.717, 1.165) is 0 Å². The number of nitrogens with one attached hydrogen (secondary N) is 3. The lowest BCUT2D eigenvalue weighted by atomic mass is 10.0. The largest absolute Gasteiger partial charge is 0.481 e. The number of hydrogen-bond donors (Lipinski definition) is 7. The lowest BCUT2D eigenvalue weighted by molar-refractivity contribution is -0.143. The minimum atomic E-state index is -1.47. The van der Waals surface area contributed by atoms with E-state index in [2.05, 4.69) is 16.0 Å². The first-order valence-electron chi connectivity index (χ1n) is 10.1. The summed E-state index contributed by atoms with van der Waals surface area (Å²) in [5.74, 6) is -5.58. The van der Waals surface area contributed by atoms with Crippen molar-refractivity contribution in [3.8, 4) is 0 Å². The maximum absolute atomic E-state index is 12.5. The van der Waals surface area contributed by atoms with Crippen molar-refractivity contribution >= 4 is 35.6 Å². The normalized spacial score (nSPS) is 14.5. The Hall–Kier alpha value is -3.22. The molecule has 13 heteroatoms. The number of primary amides is 1. The molecular formula is C19H33N5O8. The predicted octanol–water partition coefficient (Wildman–Crippen LogP) is -1.95. The molecule has 4 atom stereocenters. The Bertz CT molecular complexity index is 712. The zero-order chi connectivity index (χ0) is 25.0. The van der Waals surface area contributed by atoms with Gasteiger partial charge in [0, 0.05) is 12.8 Å². The van der Waals surface area contributed by atoms with Crippen LogP contribution in [0.4, 0.5) is 0 Å². The van der Waals surface area contributed by atoms with Crippen LogP contribution in [0.25, 0.3) is 0 Å². The molecule has 13 nitrogen and oxygen atoms in total. The highest BCUT2D eigenvalue weighted by atomic mass is 16.4. The fourth-order valence-corrected chi connectivity index (χ4v) is 2.65. The average Bonchev–Trinajstić information content (AvgIpc) is 2.66. The minimum Gasteiger partial charge on any atom is -0.481 e. The van der Waals surface area contributed by atoms with Crippen molar-refractivity contribution in [3.63, 3.8) is 0 Å². The summed E-state index contributed by atoms with van der Waals surface area (Å²) in [6.45, 7) is 5.11. The predicted molar refractivity (Wildman–Crippen MR) is 112 cm³/mol. The molecule has 0 aliphatic rings. The van der Waals surface area contributed by atoms with Crippen molar-refractivity contribution in [1.82, 2.24) is 16.0 Å². The Morgan fingerprint density at radius 3 is 1.78 bits per heavy atom. The summed E-state index contributed by atoms with van der Waals surface area (Å²) in [6, 6.07) is -4.79. The summed E-state index contributed by atoms with van der Waals surface area (Å²) in [4.78, 5) is 70.2. The second-order valence-electron chi connectivity index (χ2n) is 7.86. The summed E-state index contributed by atoms with van der Waals surface area (Å²) in [7, 11) is 0. The first kappa shape index (κ1) is 28.8. The number of aliphatic carboxylic acids is 2. The van der Waals surface area contributed by atoms with Gasteiger partial charge in [-0.25, -0.2) is 4.79 Å². The minimum absolute atomic E-state index is 0.153. The Kier molecular flexibility index (Phi) is 12.6. The number of carbonyl (C=O) groups is 6. The maximum Gasteiger partial charge on any atom is 0.326 e. The Balaban J connectivity index is 5.19. The van der Waals surface area contributed by atoms with Gasteiger partial charge in [0.05, 0.1) is 6.04 Å². The summed E-state index contributed by atoms with van der Waals surface area (Å²) in [6.07, 6.45) is -1.01. The van der Waals surface area contributed by atoms with Crippen LogP contribution in [0.2, 0.25) is 0 Å². The van der Waals surface area contributed by atoms with Crippen LogP contribution in [0, 0.1) is 5.92 Å². The van der Waals surface area contributed by atoms with E-state index in [1.165, 1.54) is 6.92 Å². The molecular weight excluding hydrogens is 426 g/mol. The molecule has 0 aliphatic heterocycles. The molecule has 32 heavy (non-hydrogen) atoms. The first-order chi connectivity index (χ1) is 14.7. The number of carboxylic acids is 2. The SMILES string of the molecule is CC(C)CC(N)C(=O)NC(C)C(=O)NC(CCC(=O)O)C(=O)NC(CCC(N)=O)C(=O)O. The molecule has 4 amide bonds. The Labute approximate surface area is 185 Å². The molecule has 0 aliphatic carbocycles. The fourth-order valence-electron chi connectivity index (χ4n) is 2.65. The molecule has 9 N–H and O–H groups in total. The summed E-state index contributed by atoms with van der Waals surface area (Å²) in [5, 5.41) is 25.0. The highest BCUT2D eigenvalue weighted by Crippen LogP contribution is 2.05. The average molecular weight is 460 g/mol. The molecule has 0 heterocycles. The van der Waals surface area contributed by atoms with Crippen molar-refractivity contribution < 1.29 is 39.0 Å². The van der Waals surface area contributed by atoms with Crippen molar-refractivity contribution in [2.45, 2.75) is 77.0 Å². The number of hydrogen-bond acceptors (Lipinski definition) is 7. The van der Waals surface area contributed by atoms with Gasteiger partial charge in [-0.1, -0.05) is 13.8 Å². The third kappa shape index (κ3) is 11.8. The van der Waals surface area contributed by atoms with E-state index in [1.54, 1.807) is 0 Å². The van der Waals surface area contributed by atoms with Gasteiger partial charge in [0.15, 0.2) is 0 Å². The van der Waals surface area contributed by atoms with Crippen LogP contribution in [0.1, 0.15) is 52.9 Å². The van der Waals surface area contributed by atoms with Crippen molar-refractivity contribution in [2.75, 3.05) is 0 Å². The second-order valence-corrected chi connectivity index (χ2v) is 7.86. The van der Waals surface area contributed by atoms with Crippen LogP contribution in [-0.2, 0) is 28.8 Å². The molecule has 0 radical (unpaired) electrons. The van der Waals surface area contributed by atoms with Crippen LogP contribution in [0.15, 0.2) is 0 Å². The van der Waals surface area contributed by atoms with Gasteiger partial charge in [0.2, 0.25) is 23.6 Å². The van der Waals surface area contributed by atoms with Gasteiger partial charge in [-0.05, 0) is 32.1 Å². The molecule has 0 saturated heterocycles. The molecule has 4 unspecified atom stereocenters. The van der Waals surface area contributed by atoms with Crippen LogP contribution < -0.4 is 27.4 Å². The first-order valence-corrected chi connectivity index (χ1v) is 10.1. The number of carbonyl (C=O) groups excluding carboxylic acids is 4. The van der Waals surface area contributed by atoms with Crippen LogP contribution in [0.3, 0.4) is 0 Å². The number of rotatable bonds is 15. The number of nitrogens with two attached hydrogens (primary N) is 2. The Morgan fingerprint density at radius 2 is 1.31 bits per heavy atom. The van der Waals surface area contributed by atoms with E-state index in [9.17, 15) is 33.9 Å². The topological polar surface area (TPSA) is 231 Å². The quantitative estimate of drug-likeness (QED) is 0.144. The molecule has 0 bridgehead atoms. The second kappa shape index (κ2) is 14.0. The monoisotopic (exact) mass is 459 g/mol. The third-order valence-electron chi connectivity index (χ3n) is 4.39. The summed E-state index contributed by atoms with van der Waals surface area (Å²) < 4.78 is 0. The van der Waals surface area contributed by atoms with E-state index >= 15 is 0 Å². The smallest absolute Gasteiger partial charge is 0.326 e. The molecule has 0 aromatic carbocycles. The van der Waals surface area contributed by atoms with Gasteiger partial charge in [0.1, 0.15) is 18.1 Å². The van der Waals surface area contributed by atoms with Gasteiger partial charge in [-0.3, -0.25) is 24.0 Å². The van der Waals surface area contributed by atoms with E-state index in [1.807, 2.05) is 13.8 Å². The molecule has 0 rings (SSSR count). The lowest BCUT2D eigenvalue weighted by Crippen LogP contribution is -2.56. The van der Waals surface area contributed by atoms with E-state index in [-0.39, 0.29) is 25.2 Å². The van der Waals surface area contributed by atoms with Crippen LogP contribution >= 0.6 is 0 Å². The molecule has 0 spiro atoms. The summed E-state index contributed by atoms with van der Waals surface area (Å²) >= 11 is 0. The molecule has 0 aromatic rings. The number of amides is 4. The fraction of sp³-hybridized carbons (Fsp3) is 0.684. The van der Waals surface area contributed by atoms with Gasteiger partial charge in [-0.15, -0.1) is 0 Å². The Morgan fingerprint density at radius 1 is 0.781 bits per heavy atom. The third-order valence-corrected chi connectivity index (χ3v) is 4.39. The van der Waals surface area contributed by atoms with Gasteiger partial charge < -0.3 is 37.6 Å². The molecule has 182 valence electrons. The van der Waals surface area contributed by atoms with Crippen molar-refractivity contribution in [3.05, 3.63) is 0 Å². The van der Waals surface area contributed by atoms with Crippen LogP contribution in [0.5, 0.6) is 0 Å². The van der Waals surface area contributed by atoms with Crippen molar-refractivity contribution in [1.29, 1.82) is 0 Å². The van der Waals surface area contributed by atoms with E-state index in [4.69, 9.17) is 16.6 Å². The summed E-state index contributed by atoms with van der Waals surface area (Å²) in [5.41, 5.74) is 10.8. The molecule has 0 saturated carbocycles. The van der Waals surface area contributed by atoms with Gasteiger partial charge in [0.25, 0.3) is 0 Å². The zero-order valence-corrected chi connectivity index (χ0v) is 18.4. The van der Waals surface area contributed by atoms with Crippen LogP contribution in [-0.4, -0.2) is 69.9 Å². The molecule has 0 aromatic heterocycles. The molecule has 0 fully saturated rings. The zero-order valence-electron chi connectivity index (χ0n) is 18.4. The highest BCUT2D eigenvalue weighted by Gasteiger charge is 2.29. The van der Waals surface area contributed by atoms with E-state index in [0.29, 0.717) is 6.42 Å².